The van der Waals surface area contributed by atoms with Crippen LogP contribution in [0.15, 0.2) is 18.2 Å². The molecule has 1 aromatic carbocycles. The fourth-order valence-corrected chi connectivity index (χ4v) is 3.05. The molecule has 0 aromatic heterocycles. The molecule has 1 aliphatic heterocycles. The Morgan fingerprint density at radius 1 is 1.39 bits per heavy atom. The predicted octanol–water partition coefficient (Wildman–Crippen LogP) is 2.58. The largest absolute Gasteiger partial charge is 0.374 e. The molecule has 1 fully saturated rings. The molecule has 2 unspecified atom stereocenters. The van der Waals surface area contributed by atoms with Gasteiger partial charge in [0.05, 0.1) is 18.8 Å². The van der Waals surface area contributed by atoms with E-state index in [1.54, 1.807) is 0 Å². The number of nitrogens with one attached hydrogen (secondary N) is 1. The van der Waals surface area contributed by atoms with Gasteiger partial charge in [-0.2, -0.15) is 0 Å². The van der Waals surface area contributed by atoms with E-state index in [2.05, 4.69) is 17.3 Å². The van der Waals surface area contributed by atoms with E-state index >= 15 is 0 Å². The molecule has 0 aliphatic carbocycles. The third kappa shape index (κ3) is 2.81. The highest BCUT2D eigenvalue weighted by atomic mass is 35.5. The monoisotopic (exact) mass is 288 g/mol. The van der Waals surface area contributed by atoms with Crippen molar-refractivity contribution in [1.82, 2.24) is 10.2 Å². The number of nitrogens with zero attached hydrogens (tertiary/aromatic N) is 1. The maximum atomic E-state index is 6.31. The fraction of sp³-hybridized carbons (Fsp3) is 0.538. The van der Waals surface area contributed by atoms with E-state index in [-0.39, 0.29) is 12.1 Å². The second-order valence-electron chi connectivity index (χ2n) is 4.53. The molecule has 1 saturated heterocycles. The number of hydrogen-bond acceptors (Lipinski definition) is 3. The zero-order chi connectivity index (χ0) is 13.1. The van der Waals surface area contributed by atoms with Crippen molar-refractivity contribution in [3.63, 3.8) is 0 Å². The summed E-state index contributed by atoms with van der Waals surface area (Å²) in [5, 5.41) is 4.56. The first-order valence-electron chi connectivity index (χ1n) is 6.05. The van der Waals surface area contributed by atoms with Crippen LogP contribution in [0.1, 0.15) is 11.6 Å². The van der Waals surface area contributed by atoms with Gasteiger partial charge in [-0.3, -0.25) is 4.90 Å². The van der Waals surface area contributed by atoms with Crippen LogP contribution in [0.2, 0.25) is 10.0 Å². The van der Waals surface area contributed by atoms with Crippen molar-refractivity contribution in [1.29, 1.82) is 0 Å². The van der Waals surface area contributed by atoms with Crippen LogP contribution >= 0.6 is 23.2 Å². The van der Waals surface area contributed by atoms with Gasteiger partial charge in [0.1, 0.15) is 0 Å². The second kappa shape index (κ2) is 6.22. The average Bonchev–Trinajstić information content (AvgIpc) is 2.32. The zero-order valence-electron chi connectivity index (χ0n) is 10.6. The molecular formula is C13H18Cl2N2O. The lowest BCUT2D eigenvalue weighted by Crippen LogP contribution is -2.47. The first-order chi connectivity index (χ1) is 8.65. The molecule has 2 rings (SSSR count). The van der Waals surface area contributed by atoms with Crippen molar-refractivity contribution in [2.24, 2.45) is 0 Å². The Kier molecular flexibility index (Phi) is 4.87. The van der Waals surface area contributed by atoms with E-state index in [9.17, 15) is 0 Å². The van der Waals surface area contributed by atoms with Gasteiger partial charge in [0.25, 0.3) is 0 Å². The molecular weight excluding hydrogens is 271 g/mol. The molecule has 0 amide bonds. The van der Waals surface area contributed by atoms with Crippen LogP contribution in [0, 0.1) is 0 Å². The molecule has 18 heavy (non-hydrogen) atoms. The average molecular weight is 289 g/mol. The lowest BCUT2D eigenvalue weighted by Gasteiger charge is -2.40. The number of benzene rings is 1. The first-order valence-corrected chi connectivity index (χ1v) is 6.81. The number of halogens is 2. The number of morpholine rings is 1. The van der Waals surface area contributed by atoms with E-state index in [1.165, 1.54) is 0 Å². The van der Waals surface area contributed by atoms with Crippen molar-refractivity contribution in [2.45, 2.75) is 12.1 Å². The number of likely N-dealkylation sites (N-methyl/N-ethyl adjacent to an activating group) is 2. The molecule has 1 aliphatic rings. The summed E-state index contributed by atoms with van der Waals surface area (Å²) in [6.45, 7) is 2.39. The van der Waals surface area contributed by atoms with Crippen LogP contribution in [0.3, 0.4) is 0 Å². The highest BCUT2D eigenvalue weighted by Crippen LogP contribution is 2.37. The Morgan fingerprint density at radius 3 is 2.67 bits per heavy atom. The van der Waals surface area contributed by atoms with E-state index in [1.807, 2.05) is 25.2 Å². The minimum absolute atomic E-state index is 0.0612. The normalized spacial score (nSPS) is 25.3. The van der Waals surface area contributed by atoms with Crippen molar-refractivity contribution in [3.05, 3.63) is 33.8 Å². The Hall–Kier alpha value is -0.320. The van der Waals surface area contributed by atoms with E-state index in [0.29, 0.717) is 10.0 Å². The first kappa shape index (κ1) is 14.1. The summed E-state index contributed by atoms with van der Waals surface area (Å²) in [6, 6.07) is 5.71. The number of hydrogen-bond donors (Lipinski definition) is 1. The summed E-state index contributed by atoms with van der Waals surface area (Å²) in [5.74, 6) is 0. The molecule has 0 spiro atoms. The fourth-order valence-electron chi connectivity index (χ4n) is 2.43. The molecule has 1 aromatic rings. The van der Waals surface area contributed by atoms with Crippen molar-refractivity contribution in [2.75, 3.05) is 33.8 Å². The van der Waals surface area contributed by atoms with E-state index in [4.69, 9.17) is 27.9 Å². The van der Waals surface area contributed by atoms with Crippen LogP contribution in [0.5, 0.6) is 0 Å². The van der Waals surface area contributed by atoms with Crippen molar-refractivity contribution >= 4 is 23.2 Å². The molecule has 2 atom stereocenters. The molecule has 0 bridgehead atoms. The van der Waals surface area contributed by atoms with E-state index < -0.39 is 0 Å². The molecule has 100 valence electrons. The van der Waals surface area contributed by atoms with E-state index in [0.717, 1.165) is 25.3 Å². The van der Waals surface area contributed by atoms with Crippen LogP contribution in [0.25, 0.3) is 0 Å². The summed E-state index contributed by atoms with van der Waals surface area (Å²) in [7, 11) is 4.00. The SMILES string of the molecule is CNCC1OCCN(C)C1c1c(Cl)cccc1Cl. The lowest BCUT2D eigenvalue weighted by atomic mass is 9.98. The van der Waals surface area contributed by atoms with Crippen LogP contribution in [0.4, 0.5) is 0 Å². The van der Waals surface area contributed by atoms with Crippen molar-refractivity contribution in [3.8, 4) is 0 Å². The minimum Gasteiger partial charge on any atom is -0.374 e. The topological polar surface area (TPSA) is 24.5 Å². The Balaban J connectivity index is 2.37. The molecule has 1 heterocycles. The summed E-state index contributed by atoms with van der Waals surface area (Å²) in [4.78, 5) is 2.25. The van der Waals surface area contributed by atoms with Gasteiger partial charge in [0, 0.05) is 28.7 Å². The minimum atomic E-state index is 0.0612. The number of ether oxygens (including phenoxy) is 1. The Morgan fingerprint density at radius 2 is 2.06 bits per heavy atom. The van der Waals surface area contributed by atoms with Crippen LogP contribution < -0.4 is 5.32 Å². The second-order valence-corrected chi connectivity index (χ2v) is 5.34. The zero-order valence-corrected chi connectivity index (χ0v) is 12.1. The van der Waals surface area contributed by atoms with Gasteiger partial charge < -0.3 is 10.1 Å². The van der Waals surface area contributed by atoms with Gasteiger partial charge in [-0.25, -0.2) is 0 Å². The standard InChI is InChI=1S/C13H18Cl2N2O/c1-16-8-11-13(17(2)6-7-18-11)12-9(14)4-3-5-10(12)15/h3-5,11,13,16H,6-8H2,1-2H3. The van der Waals surface area contributed by atoms with Gasteiger partial charge >= 0.3 is 0 Å². The summed E-state index contributed by atoms with van der Waals surface area (Å²) >= 11 is 12.6. The highest BCUT2D eigenvalue weighted by Gasteiger charge is 2.33. The molecule has 3 nitrogen and oxygen atoms in total. The summed E-state index contributed by atoms with van der Waals surface area (Å²) < 4.78 is 5.84. The lowest BCUT2D eigenvalue weighted by molar-refractivity contribution is -0.0605. The van der Waals surface area contributed by atoms with Crippen LogP contribution in [-0.2, 0) is 4.74 Å². The maximum Gasteiger partial charge on any atom is 0.0897 e. The maximum absolute atomic E-state index is 6.31. The molecule has 1 N–H and O–H groups in total. The third-order valence-electron chi connectivity index (χ3n) is 3.30. The summed E-state index contributed by atoms with van der Waals surface area (Å²) in [6.07, 6.45) is 0.0612. The van der Waals surface area contributed by atoms with Gasteiger partial charge in [-0.1, -0.05) is 29.3 Å². The van der Waals surface area contributed by atoms with Gasteiger partial charge in [0.15, 0.2) is 0 Å². The van der Waals surface area contributed by atoms with Gasteiger partial charge in [0.2, 0.25) is 0 Å². The molecule has 5 heteroatoms. The summed E-state index contributed by atoms with van der Waals surface area (Å²) in [5.41, 5.74) is 0.961. The number of rotatable bonds is 3. The molecule has 0 radical (unpaired) electrons. The smallest absolute Gasteiger partial charge is 0.0897 e. The van der Waals surface area contributed by atoms with Crippen molar-refractivity contribution < 1.29 is 4.74 Å². The van der Waals surface area contributed by atoms with Crippen LogP contribution in [-0.4, -0.2) is 44.8 Å². The predicted molar refractivity (Wildman–Crippen MR) is 75.5 cm³/mol. The molecule has 0 saturated carbocycles. The Labute approximate surface area is 118 Å². The Bertz CT molecular complexity index is 392. The highest BCUT2D eigenvalue weighted by molar-refractivity contribution is 6.36. The quantitative estimate of drug-likeness (QED) is 0.925. The van der Waals surface area contributed by atoms with Gasteiger partial charge in [-0.05, 0) is 26.2 Å². The third-order valence-corrected chi connectivity index (χ3v) is 3.96. The van der Waals surface area contributed by atoms with Gasteiger partial charge in [-0.15, -0.1) is 0 Å².